The first-order valence-electron chi connectivity index (χ1n) is 12.6. The molecular weight excluding hydrogens is 444 g/mol. The van der Waals surface area contributed by atoms with Crippen LogP contribution >= 0.6 is 0 Å². The summed E-state index contributed by atoms with van der Waals surface area (Å²) in [6.07, 6.45) is 5.77. The summed E-state index contributed by atoms with van der Waals surface area (Å²) in [5.74, 6) is -1.30. The van der Waals surface area contributed by atoms with Gasteiger partial charge in [-0.1, -0.05) is 57.9 Å². The summed E-state index contributed by atoms with van der Waals surface area (Å²) in [5.41, 5.74) is 4.31. The number of carbonyl (C=O) groups is 3. The largest absolute Gasteiger partial charge is 0.481 e. The molecule has 1 aromatic carbocycles. The molecule has 2 heterocycles. The molecule has 8 heteroatoms. The number of hydrogen-bond donors (Lipinski definition) is 2. The van der Waals surface area contributed by atoms with E-state index >= 15 is 0 Å². The first-order chi connectivity index (χ1) is 16.6. The number of carbonyl (C=O) groups excluding carboxylic acids is 2. The van der Waals surface area contributed by atoms with E-state index in [1.54, 1.807) is 11.2 Å². The van der Waals surface area contributed by atoms with Gasteiger partial charge in [0.25, 0.3) is 0 Å². The SMILES string of the molecule is CC(C)(C)c1ccc(Cn2cnc3c2CN(C(=O)C2CCCC2)C(C(=O)NCCC(=O)O)C3)cc1. The minimum Gasteiger partial charge on any atom is -0.481 e. The fourth-order valence-electron chi connectivity index (χ4n) is 5.09. The third-order valence-electron chi connectivity index (χ3n) is 7.22. The summed E-state index contributed by atoms with van der Waals surface area (Å²) in [4.78, 5) is 43.6. The maximum Gasteiger partial charge on any atom is 0.305 e. The van der Waals surface area contributed by atoms with Crippen molar-refractivity contribution in [1.82, 2.24) is 19.8 Å². The highest BCUT2D eigenvalue weighted by molar-refractivity contribution is 5.89. The van der Waals surface area contributed by atoms with E-state index in [1.807, 2.05) is 0 Å². The molecule has 188 valence electrons. The fourth-order valence-corrected chi connectivity index (χ4v) is 5.09. The van der Waals surface area contributed by atoms with Crippen molar-refractivity contribution in [3.63, 3.8) is 0 Å². The lowest BCUT2D eigenvalue weighted by atomic mass is 9.87. The molecule has 1 aliphatic heterocycles. The number of aromatic nitrogens is 2. The zero-order chi connectivity index (χ0) is 25.2. The Morgan fingerprint density at radius 2 is 1.80 bits per heavy atom. The Labute approximate surface area is 206 Å². The van der Waals surface area contributed by atoms with Crippen LogP contribution in [0.1, 0.15) is 75.4 Å². The highest BCUT2D eigenvalue weighted by atomic mass is 16.4. The van der Waals surface area contributed by atoms with E-state index in [9.17, 15) is 14.4 Å². The summed E-state index contributed by atoms with van der Waals surface area (Å²) in [6.45, 7) is 7.60. The number of benzene rings is 1. The second-order valence-electron chi connectivity index (χ2n) is 10.8. The van der Waals surface area contributed by atoms with Gasteiger partial charge in [-0.3, -0.25) is 14.4 Å². The molecule has 1 fully saturated rings. The van der Waals surface area contributed by atoms with E-state index < -0.39 is 12.0 Å². The van der Waals surface area contributed by atoms with Crippen LogP contribution in [0.2, 0.25) is 0 Å². The number of imidazole rings is 1. The van der Waals surface area contributed by atoms with E-state index in [0.717, 1.165) is 42.6 Å². The Morgan fingerprint density at radius 3 is 2.43 bits per heavy atom. The molecule has 2 N–H and O–H groups in total. The summed E-state index contributed by atoms with van der Waals surface area (Å²) in [7, 11) is 0. The van der Waals surface area contributed by atoms with Crippen molar-refractivity contribution in [2.24, 2.45) is 5.92 Å². The van der Waals surface area contributed by atoms with Gasteiger partial charge in [-0.05, 0) is 29.4 Å². The molecular formula is C27H36N4O4. The molecule has 2 aromatic rings. The fraction of sp³-hybridized carbons (Fsp3) is 0.556. The second-order valence-corrected chi connectivity index (χ2v) is 10.8. The van der Waals surface area contributed by atoms with Gasteiger partial charge in [-0.25, -0.2) is 4.98 Å². The average molecular weight is 481 g/mol. The smallest absolute Gasteiger partial charge is 0.305 e. The Hall–Kier alpha value is -3.16. The van der Waals surface area contributed by atoms with Crippen LogP contribution in [-0.2, 0) is 39.3 Å². The minimum absolute atomic E-state index is 0.0221. The topological polar surface area (TPSA) is 105 Å². The van der Waals surface area contributed by atoms with Gasteiger partial charge < -0.3 is 19.9 Å². The van der Waals surface area contributed by atoms with Crippen LogP contribution in [0.15, 0.2) is 30.6 Å². The lowest BCUT2D eigenvalue weighted by Gasteiger charge is -2.36. The van der Waals surface area contributed by atoms with Crippen LogP contribution in [0, 0.1) is 5.92 Å². The van der Waals surface area contributed by atoms with Crippen LogP contribution in [0.3, 0.4) is 0 Å². The van der Waals surface area contributed by atoms with Gasteiger partial charge in [-0.2, -0.15) is 0 Å². The van der Waals surface area contributed by atoms with Crippen LogP contribution < -0.4 is 5.32 Å². The second kappa shape index (κ2) is 10.2. The molecule has 1 unspecified atom stereocenters. The number of carboxylic acid groups (broad SMARTS) is 1. The van der Waals surface area contributed by atoms with Crippen molar-refractivity contribution in [2.45, 2.75) is 83.8 Å². The monoisotopic (exact) mass is 480 g/mol. The summed E-state index contributed by atoms with van der Waals surface area (Å²) in [6, 6.07) is 7.92. The highest BCUT2D eigenvalue weighted by Gasteiger charge is 2.39. The Kier molecular flexibility index (Phi) is 7.28. The minimum atomic E-state index is -0.968. The van der Waals surface area contributed by atoms with E-state index in [2.05, 4.69) is 59.9 Å². The number of aliphatic carboxylic acids is 1. The average Bonchev–Trinajstić information content (AvgIpc) is 3.48. The number of hydrogen-bond acceptors (Lipinski definition) is 4. The molecule has 1 atom stereocenters. The Bertz CT molecular complexity index is 1080. The van der Waals surface area contributed by atoms with Gasteiger partial charge in [0.1, 0.15) is 6.04 Å². The maximum absolute atomic E-state index is 13.5. The molecule has 1 saturated carbocycles. The van der Waals surface area contributed by atoms with Gasteiger partial charge in [0.15, 0.2) is 0 Å². The van der Waals surface area contributed by atoms with Gasteiger partial charge in [-0.15, -0.1) is 0 Å². The number of amides is 2. The van der Waals surface area contributed by atoms with Gasteiger partial charge in [0.2, 0.25) is 11.8 Å². The van der Waals surface area contributed by atoms with Gasteiger partial charge in [0.05, 0.1) is 30.7 Å². The van der Waals surface area contributed by atoms with Crippen molar-refractivity contribution in [3.05, 3.63) is 53.1 Å². The molecule has 4 rings (SSSR count). The first-order valence-corrected chi connectivity index (χ1v) is 12.6. The zero-order valence-corrected chi connectivity index (χ0v) is 20.9. The molecule has 0 radical (unpaired) electrons. The van der Waals surface area contributed by atoms with E-state index in [0.29, 0.717) is 19.5 Å². The Balaban J connectivity index is 1.55. The van der Waals surface area contributed by atoms with Crippen molar-refractivity contribution < 1.29 is 19.5 Å². The number of nitrogens with one attached hydrogen (secondary N) is 1. The third kappa shape index (κ3) is 5.74. The first kappa shape index (κ1) is 24.9. The molecule has 8 nitrogen and oxygen atoms in total. The molecule has 35 heavy (non-hydrogen) atoms. The standard InChI is InChI=1S/C27H36N4O4/c1-27(2,3)20-10-8-18(9-11-20)15-30-17-29-21-14-22(25(34)28-13-12-24(32)33)31(16-23(21)30)26(35)19-6-4-5-7-19/h8-11,17,19,22H,4-7,12-16H2,1-3H3,(H,28,34)(H,32,33). The molecule has 0 bridgehead atoms. The molecule has 1 aliphatic carbocycles. The highest BCUT2D eigenvalue weighted by Crippen LogP contribution is 2.31. The molecule has 1 aromatic heterocycles. The number of rotatable bonds is 7. The normalized spacial score (nSPS) is 18.4. The maximum atomic E-state index is 13.5. The van der Waals surface area contributed by atoms with Crippen LogP contribution in [0.25, 0.3) is 0 Å². The summed E-state index contributed by atoms with van der Waals surface area (Å²) >= 11 is 0. The van der Waals surface area contributed by atoms with Crippen molar-refractivity contribution in [1.29, 1.82) is 0 Å². The summed E-state index contributed by atoms with van der Waals surface area (Å²) in [5, 5.41) is 11.6. The number of carboxylic acids is 1. The van der Waals surface area contributed by atoms with Crippen LogP contribution in [0.5, 0.6) is 0 Å². The van der Waals surface area contributed by atoms with E-state index in [1.165, 1.54) is 5.56 Å². The lowest BCUT2D eigenvalue weighted by Crippen LogP contribution is -2.54. The van der Waals surface area contributed by atoms with Crippen molar-refractivity contribution in [3.8, 4) is 0 Å². The number of fused-ring (bicyclic) bond motifs is 1. The molecule has 2 aliphatic rings. The number of nitrogens with zero attached hydrogens (tertiary/aromatic N) is 3. The van der Waals surface area contributed by atoms with Crippen molar-refractivity contribution in [2.75, 3.05) is 6.54 Å². The Morgan fingerprint density at radius 1 is 1.11 bits per heavy atom. The molecule has 0 spiro atoms. The lowest BCUT2D eigenvalue weighted by molar-refractivity contribution is -0.145. The molecule has 0 saturated heterocycles. The quantitative estimate of drug-likeness (QED) is 0.633. The predicted molar refractivity (Wildman–Crippen MR) is 132 cm³/mol. The van der Waals surface area contributed by atoms with Gasteiger partial charge >= 0.3 is 5.97 Å². The van der Waals surface area contributed by atoms with Gasteiger partial charge in [0, 0.05) is 25.4 Å². The van der Waals surface area contributed by atoms with E-state index in [4.69, 9.17) is 5.11 Å². The zero-order valence-electron chi connectivity index (χ0n) is 20.9. The van der Waals surface area contributed by atoms with Crippen LogP contribution in [0.4, 0.5) is 0 Å². The summed E-state index contributed by atoms with van der Waals surface area (Å²) < 4.78 is 2.08. The predicted octanol–water partition coefficient (Wildman–Crippen LogP) is 3.26. The molecule has 2 amide bonds. The van der Waals surface area contributed by atoms with E-state index in [-0.39, 0.29) is 36.1 Å². The van der Waals surface area contributed by atoms with Crippen LogP contribution in [-0.4, -0.2) is 49.9 Å². The third-order valence-corrected chi connectivity index (χ3v) is 7.22. The van der Waals surface area contributed by atoms with Crippen molar-refractivity contribution >= 4 is 17.8 Å².